The van der Waals surface area contributed by atoms with Crippen LogP contribution in [0.1, 0.15) is 19.6 Å². The van der Waals surface area contributed by atoms with Crippen molar-refractivity contribution in [1.29, 1.82) is 0 Å². The number of furan rings is 1. The Labute approximate surface area is 171 Å². The Morgan fingerprint density at radius 3 is 2.43 bits per heavy atom. The van der Waals surface area contributed by atoms with E-state index in [2.05, 4.69) is 5.32 Å². The number of nitrogens with one attached hydrogen (secondary N) is 1. The van der Waals surface area contributed by atoms with Crippen molar-refractivity contribution < 1.29 is 18.8 Å². The summed E-state index contributed by atoms with van der Waals surface area (Å²) in [6.45, 7) is 5.48. The van der Waals surface area contributed by atoms with Gasteiger partial charge in [0.2, 0.25) is 0 Å². The third kappa shape index (κ3) is 3.76. The number of hydrogen-bond acceptors (Lipinski definition) is 5. The highest BCUT2D eigenvalue weighted by Gasteiger charge is 2.37. The second-order valence-electron chi connectivity index (χ2n) is 5.90. The van der Waals surface area contributed by atoms with E-state index in [1.165, 1.54) is 24.3 Å². The smallest absolute Gasteiger partial charge is 0.335 e. The standard InChI is InChI=1S/C19H17Cl2N3O4/c1-3-23(4-2)16-8-6-12(28-16)10-13-17(25)22-19(27)24(18(13)26)11-5-7-14(20)15(21)9-11/h5-10H,3-4H2,1-2H3,(H,22,25,27)/b13-10-. The van der Waals surface area contributed by atoms with Crippen LogP contribution in [0, 0.1) is 0 Å². The zero-order valence-electron chi connectivity index (χ0n) is 15.2. The minimum atomic E-state index is -0.867. The van der Waals surface area contributed by atoms with Gasteiger partial charge < -0.3 is 9.32 Å². The van der Waals surface area contributed by atoms with Crippen molar-refractivity contribution in [2.45, 2.75) is 13.8 Å². The van der Waals surface area contributed by atoms with Gasteiger partial charge in [-0.25, -0.2) is 9.69 Å². The van der Waals surface area contributed by atoms with E-state index in [0.29, 0.717) is 11.6 Å². The summed E-state index contributed by atoms with van der Waals surface area (Å²) in [4.78, 5) is 40.1. The molecule has 2 aromatic rings. The maximum Gasteiger partial charge on any atom is 0.335 e. The van der Waals surface area contributed by atoms with Crippen molar-refractivity contribution in [3.63, 3.8) is 0 Å². The van der Waals surface area contributed by atoms with Crippen LogP contribution in [0.15, 0.2) is 40.3 Å². The molecule has 9 heteroatoms. The maximum absolute atomic E-state index is 12.8. The second-order valence-corrected chi connectivity index (χ2v) is 6.72. The lowest BCUT2D eigenvalue weighted by atomic mass is 10.1. The van der Waals surface area contributed by atoms with Crippen LogP contribution in [-0.2, 0) is 9.59 Å². The normalized spacial score (nSPS) is 15.9. The predicted molar refractivity (Wildman–Crippen MR) is 108 cm³/mol. The van der Waals surface area contributed by atoms with Crippen LogP contribution < -0.4 is 15.1 Å². The first-order valence-corrected chi connectivity index (χ1v) is 9.32. The molecule has 0 aliphatic carbocycles. The highest BCUT2D eigenvalue weighted by atomic mass is 35.5. The van der Waals surface area contributed by atoms with E-state index >= 15 is 0 Å². The maximum atomic E-state index is 12.8. The van der Waals surface area contributed by atoms with Crippen LogP contribution in [-0.4, -0.2) is 30.9 Å². The fraction of sp³-hybridized carbons (Fsp3) is 0.211. The fourth-order valence-corrected chi connectivity index (χ4v) is 3.08. The zero-order chi connectivity index (χ0) is 20.4. The molecule has 1 aliphatic rings. The van der Waals surface area contributed by atoms with Crippen molar-refractivity contribution in [3.05, 3.63) is 51.7 Å². The van der Waals surface area contributed by atoms with Gasteiger partial charge in [-0.3, -0.25) is 14.9 Å². The van der Waals surface area contributed by atoms with E-state index in [-0.39, 0.29) is 21.3 Å². The summed E-state index contributed by atoms with van der Waals surface area (Å²) in [5.74, 6) is -0.637. The first-order chi connectivity index (χ1) is 13.3. The Hall–Kier alpha value is -2.77. The number of hydrogen-bond donors (Lipinski definition) is 1. The molecule has 1 fully saturated rings. The fourth-order valence-electron chi connectivity index (χ4n) is 2.78. The number of amides is 4. The van der Waals surface area contributed by atoms with Gasteiger partial charge in [0.05, 0.1) is 15.7 Å². The largest absolute Gasteiger partial charge is 0.441 e. The number of nitrogens with zero attached hydrogens (tertiary/aromatic N) is 2. The van der Waals surface area contributed by atoms with Gasteiger partial charge in [-0.1, -0.05) is 23.2 Å². The number of benzene rings is 1. The van der Waals surface area contributed by atoms with E-state index in [9.17, 15) is 14.4 Å². The first-order valence-electron chi connectivity index (χ1n) is 8.57. The van der Waals surface area contributed by atoms with Crippen molar-refractivity contribution in [2.75, 3.05) is 22.9 Å². The molecule has 1 aromatic heterocycles. The lowest BCUT2D eigenvalue weighted by Gasteiger charge is -2.26. The van der Waals surface area contributed by atoms with Gasteiger partial charge in [-0.15, -0.1) is 0 Å². The summed E-state index contributed by atoms with van der Waals surface area (Å²) >= 11 is 11.9. The summed E-state index contributed by atoms with van der Waals surface area (Å²) in [6.07, 6.45) is 1.31. The number of imide groups is 2. The molecule has 146 valence electrons. The summed E-state index contributed by atoms with van der Waals surface area (Å²) in [5, 5.41) is 2.60. The molecule has 1 saturated heterocycles. The van der Waals surface area contributed by atoms with E-state index < -0.39 is 17.8 Å². The molecule has 28 heavy (non-hydrogen) atoms. The number of carbonyl (C=O) groups excluding carboxylic acids is 3. The molecule has 0 radical (unpaired) electrons. The molecule has 0 atom stereocenters. The van der Waals surface area contributed by atoms with Crippen LogP contribution in [0.2, 0.25) is 10.0 Å². The van der Waals surface area contributed by atoms with Crippen molar-refractivity contribution in [2.24, 2.45) is 0 Å². The Bertz CT molecular complexity index is 979. The van der Waals surface area contributed by atoms with Gasteiger partial charge in [-0.2, -0.15) is 0 Å². The summed E-state index contributed by atoms with van der Waals surface area (Å²) < 4.78 is 5.70. The Morgan fingerprint density at radius 1 is 1.07 bits per heavy atom. The van der Waals surface area contributed by atoms with Crippen LogP contribution in [0.5, 0.6) is 0 Å². The van der Waals surface area contributed by atoms with Crippen molar-refractivity contribution in [1.82, 2.24) is 5.32 Å². The Kier molecular flexibility index (Phi) is 5.76. The summed E-state index contributed by atoms with van der Waals surface area (Å²) in [5.41, 5.74) is -0.0373. The lowest BCUT2D eigenvalue weighted by molar-refractivity contribution is -0.122. The molecule has 1 N–H and O–H groups in total. The van der Waals surface area contributed by atoms with E-state index in [0.717, 1.165) is 18.0 Å². The quantitative estimate of drug-likeness (QED) is 0.580. The molecule has 2 heterocycles. The molecule has 7 nitrogen and oxygen atoms in total. The van der Waals surface area contributed by atoms with Gasteiger partial charge in [0.25, 0.3) is 11.8 Å². The third-order valence-corrected chi connectivity index (χ3v) is 4.98. The van der Waals surface area contributed by atoms with Gasteiger partial charge >= 0.3 is 6.03 Å². The number of urea groups is 1. The van der Waals surface area contributed by atoms with Crippen molar-refractivity contribution in [3.8, 4) is 0 Å². The summed E-state index contributed by atoms with van der Waals surface area (Å²) in [7, 11) is 0. The van der Waals surface area contributed by atoms with E-state index in [1.54, 1.807) is 12.1 Å². The third-order valence-electron chi connectivity index (χ3n) is 4.24. The highest BCUT2D eigenvalue weighted by Crippen LogP contribution is 2.29. The van der Waals surface area contributed by atoms with Gasteiger partial charge in [0.1, 0.15) is 11.3 Å². The minimum Gasteiger partial charge on any atom is -0.441 e. The molecule has 0 unspecified atom stereocenters. The Balaban J connectivity index is 1.95. The zero-order valence-corrected chi connectivity index (χ0v) is 16.7. The molecule has 3 rings (SSSR count). The highest BCUT2D eigenvalue weighted by molar-refractivity contribution is 6.43. The van der Waals surface area contributed by atoms with Crippen molar-refractivity contribution >= 4 is 58.7 Å². The number of carbonyl (C=O) groups is 3. The average Bonchev–Trinajstić information content (AvgIpc) is 3.11. The topological polar surface area (TPSA) is 82.9 Å². The second kappa shape index (κ2) is 8.08. The first kappa shape index (κ1) is 20.0. The monoisotopic (exact) mass is 421 g/mol. The van der Waals surface area contributed by atoms with E-state index in [4.69, 9.17) is 27.6 Å². The number of halogens is 2. The van der Waals surface area contributed by atoms with Crippen LogP contribution >= 0.6 is 23.2 Å². The van der Waals surface area contributed by atoms with Gasteiger partial charge in [0, 0.05) is 19.2 Å². The Morgan fingerprint density at radius 2 is 1.79 bits per heavy atom. The molecular weight excluding hydrogens is 405 g/mol. The molecular formula is C19H17Cl2N3O4. The average molecular weight is 422 g/mol. The van der Waals surface area contributed by atoms with Crippen LogP contribution in [0.3, 0.4) is 0 Å². The molecule has 4 amide bonds. The van der Waals surface area contributed by atoms with Crippen LogP contribution in [0.4, 0.5) is 16.4 Å². The molecule has 0 saturated carbocycles. The SMILES string of the molecule is CCN(CC)c1ccc(/C=C2/C(=O)NC(=O)N(c3ccc(Cl)c(Cl)c3)C2=O)o1. The molecule has 1 aromatic carbocycles. The number of barbiturate groups is 1. The molecule has 0 spiro atoms. The molecule has 0 bridgehead atoms. The van der Waals surface area contributed by atoms with Gasteiger partial charge in [0.15, 0.2) is 5.88 Å². The number of anilines is 2. The predicted octanol–water partition coefficient (Wildman–Crippen LogP) is 4.10. The van der Waals surface area contributed by atoms with E-state index in [1.807, 2.05) is 18.7 Å². The van der Waals surface area contributed by atoms with Crippen LogP contribution in [0.25, 0.3) is 6.08 Å². The molecule has 1 aliphatic heterocycles. The number of rotatable bonds is 5. The summed E-state index contributed by atoms with van der Waals surface area (Å²) in [6, 6.07) is 6.84. The van der Waals surface area contributed by atoms with Gasteiger partial charge in [-0.05, 0) is 44.2 Å². The lowest BCUT2D eigenvalue weighted by Crippen LogP contribution is -2.54. The minimum absolute atomic E-state index is 0.178.